The molecule has 11 heteroatoms. The number of sulfonamides is 1. The molecule has 1 aliphatic rings. The first-order valence-electron chi connectivity index (χ1n) is 13.4. The quantitative estimate of drug-likeness (QED) is 0.299. The third-order valence-electron chi connectivity index (χ3n) is 7.19. The predicted molar refractivity (Wildman–Crippen MR) is 161 cm³/mol. The van der Waals surface area contributed by atoms with Crippen molar-refractivity contribution in [3.8, 4) is 5.75 Å². The van der Waals surface area contributed by atoms with Crippen LogP contribution in [-0.2, 0) is 26.2 Å². The fourth-order valence-electron chi connectivity index (χ4n) is 4.82. The molecule has 0 heterocycles. The van der Waals surface area contributed by atoms with Crippen LogP contribution >= 0.6 is 23.2 Å². The molecule has 3 aromatic carbocycles. The Morgan fingerprint density at radius 3 is 2.32 bits per heavy atom. The Labute approximate surface area is 251 Å². The zero-order valence-corrected chi connectivity index (χ0v) is 25.3. The van der Waals surface area contributed by atoms with Crippen LogP contribution in [0.2, 0.25) is 10.0 Å². The molecule has 1 fully saturated rings. The van der Waals surface area contributed by atoms with Crippen molar-refractivity contribution in [2.24, 2.45) is 0 Å². The normalized spacial score (nSPS) is 14.3. The minimum Gasteiger partial charge on any atom is -0.497 e. The maximum absolute atomic E-state index is 14.0. The number of rotatable bonds is 11. The van der Waals surface area contributed by atoms with E-state index >= 15 is 0 Å². The summed E-state index contributed by atoms with van der Waals surface area (Å²) in [4.78, 5) is 28.7. The molecule has 0 unspecified atom stereocenters. The van der Waals surface area contributed by atoms with Crippen LogP contribution in [0.5, 0.6) is 5.75 Å². The van der Waals surface area contributed by atoms with Gasteiger partial charge in [0.15, 0.2) is 0 Å². The summed E-state index contributed by atoms with van der Waals surface area (Å²) >= 11 is 12.6. The van der Waals surface area contributed by atoms with Crippen molar-refractivity contribution < 1.29 is 22.7 Å². The van der Waals surface area contributed by atoms with E-state index in [-0.39, 0.29) is 29.1 Å². The number of hydrogen-bond acceptors (Lipinski definition) is 5. The highest BCUT2D eigenvalue weighted by molar-refractivity contribution is 7.92. The molecule has 2 amide bonds. The average Bonchev–Trinajstić information content (AvgIpc) is 3.48. The molecule has 4 rings (SSSR count). The Kier molecular flexibility index (Phi) is 10.2. The van der Waals surface area contributed by atoms with Crippen molar-refractivity contribution >= 4 is 50.7 Å². The van der Waals surface area contributed by atoms with Crippen LogP contribution in [0, 0.1) is 0 Å². The Morgan fingerprint density at radius 2 is 1.68 bits per heavy atom. The van der Waals surface area contributed by atoms with Gasteiger partial charge in [-0.05, 0) is 73.9 Å². The number of nitrogens with zero attached hydrogens (tertiary/aromatic N) is 2. The second-order valence-corrected chi connectivity index (χ2v) is 12.7. The molecule has 41 heavy (non-hydrogen) atoms. The second kappa shape index (κ2) is 13.6. The summed E-state index contributed by atoms with van der Waals surface area (Å²) in [5.74, 6) is -0.386. The summed E-state index contributed by atoms with van der Waals surface area (Å²) < 4.78 is 34.0. The van der Waals surface area contributed by atoms with Crippen LogP contribution < -0.4 is 14.4 Å². The topological polar surface area (TPSA) is 96.0 Å². The summed E-state index contributed by atoms with van der Waals surface area (Å²) in [6.45, 7) is 1.09. The van der Waals surface area contributed by atoms with Gasteiger partial charge < -0.3 is 15.0 Å². The van der Waals surface area contributed by atoms with E-state index in [1.807, 2.05) is 0 Å². The van der Waals surface area contributed by atoms with Crippen LogP contribution in [0.4, 0.5) is 5.69 Å². The number of anilines is 1. The SMILES string of the molecule is COc1ccc(S(=O)(=O)N(CC(=O)N(Cc2ccccc2Cl)[C@H](C)C(=O)NC2CCCC2)c2cccc(Cl)c2)cc1. The molecule has 0 aromatic heterocycles. The molecular weight excluding hydrogens is 585 g/mol. The van der Waals surface area contributed by atoms with Gasteiger partial charge in [0, 0.05) is 22.6 Å². The Bertz CT molecular complexity index is 1480. The summed E-state index contributed by atoms with van der Waals surface area (Å²) in [5.41, 5.74) is 0.845. The second-order valence-electron chi connectivity index (χ2n) is 9.95. The number of hydrogen-bond donors (Lipinski definition) is 1. The lowest BCUT2D eigenvalue weighted by atomic mass is 10.1. The first-order valence-corrected chi connectivity index (χ1v) is 15.6. The van der Waals surface area contributed by atoms with Gasteiger partial charge in [0.2, 0.25) is 11.8 Å². The largest absolute Gasteiger partial charge is 0.497 e. The molecule has 0 saturated heterocycles. The monoisotopic (exact) mass is 617 g/mol. The highest BCUT2D eigenvalue weighted by Gasteiger charge is 2.33. The maximum atomic E-state index is 14.0. The van der Waals surface area contributed by atoms with Crippen LogP contribution in [0.25, 0.3) is 0 Å². The van der Waals surface area contributed by atoms with E-state index in [0.29, 0.717) is 21.4 Å². The van der Waals surface area contributed by atoms with E-state index in [0.717, 1.165) is 30.0 Å². The van der Waals surface area contributed by atoms with Gasteiger partial charge >= 0.3 is 0 Å². The first-order chi connectivity index (χ1) is 19.6. The van der Waals surface area contributed by atoms with Crippen LogP contribution in [0.1, 0.15) is 38.2 Å². The van der Waals surface area contributed by atoms with Crippen LogP contribution in [0.3, 0.4) is 0 Å². The zero-order valence-electron chi connectivity index (χ0n) is 22.9. The lowest BCUT2D eigenvalue weighted by Crippen LogP contribution is -2.52. The number of carbonyl (C=O) groups is 2. The molecule has 1 aliphatic carbocycles. The number of amides is 2. The molecule has 0 bridgehead atoms. The molecular formula is C30H33Cl2N3O5S. The molecule has 1 N–H and O–H groups in total. The number of ether oxygens (including phenoxy) is 1. The van der Waals surface area contributed by atoms with Gasteiger partial charge in [-0.25, -0.2) is 8.42 Å². The van der Waals surface area contributed by atoms with E-state index in [4.69, 9.17) is 27.9 Å². The Hall–Kier alpha value is -3.27. The van der Waals surface area contributed by atoms with E-state index in [1.165, 1.54) is 42.3 Å². The van der Waals surface area contributed by atoms with Crippen molar-refractivity contribution in [3.63, 3.8) is 0 Å². The van der Waals surface area contributed by atoms with Gasteiger partial charge in [0.1, 0.15) is 18.3 Å². The Morgan fingerprint density at radius 1 is 1.00 bits per heavy atom. The van der Waals surface area contributed by atoms with E-state index in [2.05, 4.69) is 5.32 Å². The number of nitrogens with one attached hydrogen (secondary N) is 1. The van der Waals surface area contributed by atoms with Gasteiger partial charge in [-0.2, -0.15) is 0 Å². The molecule has 8 nitrogen and oxygen atoms in total. The molecule has 218 valence electrons. The number of halogens is 2. The smallest absolute Gasteiger partial charge is 0.264 e. The molecule has 0 aliphatic heterocycles. The minimum absolute atomic E-state index is 0.0176. The van der Waals surface area contributed by atoms with Crippen molar-refractivity contribution in [1.82, 2.24) is 10.2 Å². The van der Waals surface area contributed by atoms with Crippen molar-refractivity contribution in [1.29, 1.82) is 0 Å². The highest BCUT2D eigenvalue weighted by Crippen LogP contribution is 2.28. The lowest BCUT2D eigenvalue weighted by Gasteiger charge is -2.32. The number of methoxy groups -OCH3 is 1. The summed E-state index contributed by atoms with van der Waals surface area (Å²) in [5, 5.41) is 3.79. The highest BCUT2D eigenvalue weighted by atomic mass is 35.5. The van der Waals surface area contributed by atoms with Gasteiger partial charge in [0.25, 0.3) is 10.0 Å². The third kappa shape index (κ3) is 7.52. The summed E-state index contributed by atoms with van der Waals surface area (Å²) in [6, 6.07) is 18.4. The summed E-state index contributed by atoms with van der Waals surface area (Å²) in [6.07, 6.45) is 3.86. The number of benzene rings is 3. The Balaban J connectivity index is 1.69. The predicted octanol–water partition coefficient (Wildman–Crippen LogP) is 5.67. The molecule has 3 aromatic rings. The standard InChI is InChI=1S/C30H33Cl2N3O5S/c1-21(30(37)33-24-10-4-5-11-24)34(19-22-8-3-6-13-28(22)32)29(36)20-35(25-12-7-9-23(31)18-25)41(38,39)27-16-14-26(40-2)15-17-27/h3,6-9,12-18,21,24H,4-5,10-11,19-20H2,1-2H3,(H,33,37)/t21-/m1/s1. The van der Waals surface area contributed by atoms with Crippen molar-refractivity contribution in [2.45, 2.75) is 56.1 Å². The minimum atomic E-state index is -4.23. The first kappa shape index (κ1) is 30.7. The van der Waals surface area contributed by atoms with Gasteiger partial charge in [0.05, 0.1) is 17.7 Å². The van der Waals surface area contributed by atoms with Crippen molar-refractivity contribution in [2.75, 3.05) is 18.0 Å². The average molecular weight is 619 g/mol. The van der Waals surface area contributed by atoms with E-state index in [9.17, 15) is 18.0 Å². The number of carbonyl (C=O) groups excluding carboxylic acids is 2. The van der Waals surface area contributed by atoms with E-state index in [1.54, 1.807) is 49.4 Å². The van der Waals surface area contributed by atoms with Crippen molar-refractivity contribution in [3.05, 3.63) is 88.4 Å². The zero-order chi connectivity index (χ0) is 29.6. The van der Waals surface area contributed by atoms with Gasteiger partial charge in [-0.3, -0.25) is 13.9 Å². The maximum Gasteiger partial charge on any atom is 0.264 e. The molecule has 0 spiro atoms. The summed E-state index contributed by atoms with van der Waals surface area (Å²) in [7, 11) is -2.74. The van der Waals surface area contributed by atoms with Crippen LogP contribution in [0.15, 0.2) is 77.7 Å². The van der Waals surface area contributed by atoms with Gasteiger partial charge in [-0.1, -0.05) is 60.3 Å². The fraction of sp³-hybridized carbons (Fsp3) is 0.333. The lowest BCUT2D eigenvalue weighted by molar-refractivity contribution is -0.139. The van der Waals surface area contributed by atoms with Crippen LogP contribution in [-0.4, -0.2) is 50.9 Å². The van der Waals surface area contributed by atoms with E-state index < -0.39 is 28.5 Å². The van der Waals surface area contributed by atoms with Gasteiger partial charge in [-0.15, -0.1) is 0 Å². The third-order valence-corrected chi connectivity index (χ3v) is 9.58. The molecule has 1 atom stereocenters. The molecule has 0 radical (unpaired) electrons. The molecule has 1 saturated carbocycles. The fourth-order valence-corrected chi connectivity index (χ4v) is 6.61.